The molecular weight excluding hydrogens is 420 g/mol. The Hall–Kier alpha value is -4.27. The Morgan fingerprint density at radius 2 is 1.85 bits per heavy atom. The largest absolute Gasteiger partial charge is 0.322 e. The van der Waals surface area contributed by atoms with Crippen LogP contribution in [0.1, 0.15) is 28.8 Å². The van der Waals surface area contributed by atoms with Crippen LogP contribution in [0.3, 0.4) is 0 Å². The van der Waals surface area contributed by atoms with Gasteiger partial charge in [0.25, 0.3) is 5.91 Å². The van der Waals surface area contributed by atoms with E-state index in [0.717, 1.165) is 38.9 Å². The van der Waals surface area contributed by atoms with Crippen LogP contribution in [0.4, 0.5) is 0 Å². The Morgan fingerprint density at radius 3 is 2.70 bits per heavy atom. The Kier molecular flexibility index (Phi) is 4.19. The van der Waals surface area contributed by atoms with E-state index in [-0.39, 0.29) is 18.2 Å². The van der Waals surface area contributed by atoms with Crippen LogP contribution in [0.25, 0.3) is 33.3 Å². The minimum absolute atomic E-state index is 0.178. The number of aromatic amines is 1. The van der Waals surface area contributed by atoms with Crippen LogP contribution in [0.5, 0.6) is 0 Å². The minimum atomic E-state index is -0.623. The second kappa shape index (κ2) is 7.13. The van der Waals surface area contributed by atoms with Gasteiger partial charge in [-0.05, 0) is 41.8 Å². The van der Waals surface area contributed by atoms with Crippen molar-refractivity contribution in [2.75, 3.05) is 0 Å². The van der Waals surface area contributed by atoms with Crippen molar-refractivity contribution in [1.82, 2.24) is 30.2 Å². The van der Waals surface area contributed by atoms with Gasteiger partial charge in [-0.25, -0.2) is 0 Å². The monoisotopic (exact) mass is 440 g/mol. The van der Waals surface area contributed by atoms with Crippen molar-refractivity contribution in [1.29, 1.82) is 0 Å². The third kappa shape index (κ3) is 3.04. The zero-order valence-corrected chi connectivity index (χ0v) is 17.8. The number of carbonyl (C=O) groups is 3. The predicted molar refractivity (Wildman–Crippen MR) is 120 cm³/mol. The van der Waals surface area contributed by atoms with Crippen molar-refractivity contribution in [3.8, 4) is 22.4 Å². The Morgan fingerprint density at radius 1 is 1.00 bits per heavy atom. The summed E-state index contributed by atoms with van der Waals surface area (Å²) in [5.74, 6) is -0.875. The van der Waals surface area contributed by atoms with Gasteiger partial charge in [-0.3, -0.25) is 29.5 Å². The van der Waals surface area contributed by atoms with Gasteiger partial charge in [0, 0.05) is 42.1 Å². The zero-order chi connectivity index (χ0) is 22.7. The van der Waals surface area contributed by atoms with Gasteiger partial charge in [-0.15, -0.1) is 0 Å². The molecule has 4 heterocycles. The molecule has 0 aliphatic carbocycles. The highest BCUT2D eigenvalue weighted by molar-refractivity contribution is 6.05. The molecule has 2 aliphatic heterocycles. The molecule has 2 aliphatic rings. The van der Waals surface area contributed by atoms with E-state index in [1.54, 1.807) is 11.1 Å². The maximum Gasteiger partial charge on any atom is 0.255 e. The third-order valence-electron chi connectivity index (χ3n) is 6.49. The summed E-state index contributed by atoms with van der Waals surface area (Å²) in [7, 11) is 1.90. The molecule has 4 aromatic rings. The van der Waals surface area contributed by atoms with Crippen LogP contribution in [0, 0.1) is 0 Å². The van der Waals surface area contributed by atoms with E-state index in [4.69, 9.17) is 0 Å². The molecule has 9 nitrogen and oxygen atoms in total. The summed E-state index contributed by atoms with van der Waals surface area (Å²) in [4.78, 5) is 38.4. The normalized spacial score (nSPS) is 18.2. The van der Waals surface area contributed by atoms with E-state index in [1.165, 1.54) is 0 Å². The molecule has 2 N–H and O–H groups in total. The summed E-state index contributed by atoms with van der Waals surface area (Å²) in [6.07, 6.45) is 4.20. The number of benzene rings is 2. The maximum atomic E-state index is 13.0. The Bertz CT molecular complexity index is 1470. The standard InChI is InChI=1S/C24H20N6O3/c1-29-22(14-3-5-19-15(9-14)10-25-28-19)18(11-26-29)13-2-4-17-16(8-13)12-30(24(17)33)20-6-7-21(31)27-23(20)32/h2-5,8-11,20H,6-7,12H2,1H3,(H,25,28)(H,27,31,32)/t20-/m0/s1. The quantitative estimate of drug-likeness (QED) is 0.475. The molecule has 1 saturated heterocycles. The van der Waals surface area contributed by atoms with E-state index in [2.05, 4.69) is 26.7 Å². The molecule has 0 spiro atoms. The second-order valence-electron chi connectivity index (χ2n) is 8.47. The third-order valence-corrected chi connectivity index (χ3v) is 6.49. The van der Waals surface area contributed by atoms with Crippen molar-refractivity contribution in [3.05, 3.63) is 59.9 Å². The van der Waals surface area contributed by atoms with E-state index in [1.807, 2.05) is 48.3 Å². The number of rotatable bonds is 3. The molecule has 2 aromatic heterocycles. The number of hydrogen-bond donors (Lipinski definition) is 2. The lowest BCUT2D eigenvalue weighted by atomic mass is 9.97. The van der Waals surface area contributed by atoms with E-state index < -0.39 is 11.9 Å². The molecule has 0 unspecified atom stereocenters. The number of nitrogens with zero attached hydrogens (tertiary/aromatic N) is 4. The fourth-order valence-electron chi connectivity index (χ4n) is 4.82. The Labute approximate surface area is 188 Å². The Balaban J connectivity index is 1.36. The summed E-state index contributed by atoms with van der Waals surface area (Å²) in [5.41, 5.74) is 6.30. The summed E-state index contributed by atoms with van der Waals surface area (Å²) >= 11 is 0. The topological polar surface area (TPSA) is 113 Å². The van der Waals surface area contributed by atoms with Gasteiger partial charge in [0.15, 0.2) is 0 Å². The molecule has 164 valence electrons. The fourth-order valence-corrected chi connectivity index (χ4v) is 4.82. The van der Waals surface area contributed by atoms with Gasteiger partial charge in [0.1, 0.15) is 6.04 Å². The minimum Gasteiger partial charge on any atom is -0.322 e. The van der Waals surface area contributed by atoms with Crippen LogP contribution in [0.15, 0.2) is 48.8 Å². The van der Waals surface area contributed by atoms with Crippen LogP contribution in [-0.4, -0.2) is 48.6 Å². The van der Waals surface area contributed by atoms with E-state index in [9.17, 15) is 14.4 Å². The second-order valence-corrected chi connectivity index (χ2v) is 8.47. The lowest BCUT2D eigenvalue weighted by molar-refractivity contribution is -0.136. The van der Waals surface area contributed by atoms with E-state index in [0.29, 0.717) is 18.5 Å². The molecule has 9 heteroatoms. The first-order valence-corrected chi connectivity index (χ1v) is 10.7. The molecule has 0 radical (unpaired) electrons. The van der Waals surface area contributed by atoms with Gasteiger partial charge in [0.2, 0.25) is 11.8 Å². The van der Waals surface area contributed by atoms with Gasteiger partial charge in [-0.2, -0.15) is 10.2 Å². The van der Waals surface area contributed by atoms with Crippen molar-refractivity contribution in [2.45, 2.75) is 25.4 Å². The average Bonchev–Trinajstić information content (AvgIpc) is 3.50. The SMILES string of the molecule is Cn1ncc(-c2ccc3c(c2)CN([C@H]2CCC(=O)NC2=O)C3=O)c1-c1ccc2[nH]ncc2c1. The molecule has 1 fully saturated rings. The van der Waals surface area contributed by atoms with Gasteiger partial charge < -0.3 is 4.90 Å². The number of hydrogen-bond acceptors (Lipinski definition) is 5. The molecule has 3 amide bonds. The van der Waals surface area contributed by atoms with Crippen molar-refractivity contribution < 1.29 is 14.4 Å². The molecule has 1 atom stereocenters. The summed E-state index contributed by atoms with van der Waals surface area (Å²) in [6, 6.07) is 11.2. The summed E-state index contributed by atoms with van der Waals surface area (Å²) < 4.78 is 1.84. The zero-order valence-electron chi connectivity index (χ0n) is 17.8. The molecule has 33 heavy (non-hydrogen) atoms. The molecule has 2 aromatic carbocycles. The lowest BCUT2D eigenvalue weighted by Gasteiger charge is -2.29. The fraction of sp³-hybridized carbons (Fsp3) is 0.208. The summed E-state index contributed by atoms with van der Waals surface area (Å²) in [5, 5.41) is 14.9. The highest BCUT2D eigenvalue weighted by Crippen LogP contribution is 2.36. The molecule has 0 saturated carbocycles. The first-order chi connectivity index (χ1) is 16.0. The van der Waals surface area contributed by atoms with Crippen molar-refractivity contribution >= 4 is 28.6 Å². The number of amides is 3. The number of imide groups is 1. The number of aryl methyl sites for hydroxylation is 1. The molecule has 6 rings (SSSR count). The van der Waals surface area contributed by atoms with Crippen LogP contribution >= 0.6 is 0 Å². The highest BCUT2D eigenvalue weighted by Gasteiger charge is 2.39. The van der Waals surface area contributed by atoms with Crippen molar-refractivity contribution in [2.24, 2.45) is 7.05 Å². The summed E-state index contributed by atoms with van der Waals surface area (Å²) in [6.45, 7) is 0.338. The molecule has 0 bridgehead atoms. The van der Waals surface area contributed by atoms with Gasteiger partial charge >= 0.3 is 0 Å². The van der Waals surface area contributed by atoms with Gasteiger partial charge in [-0.1, -0.05) is 12.1 Å². The number of H-pyrrole nitrogens is 1. The number of fused-ring (bicyclic) bond motifs is 2. The number of nitrogens with one attached hydrogen (secondary N) is 2. The van der Waals surface area contributed by atoms with Crippen LogP contribution in [-0.2, 0) is 23.2 Å². The van der Waals surface area contributed by atoms with E-state index >= 15 is 0 Å². The van der Waals surface area contributed by atoms with Gasteiger partial charge in [0.05, 0.1) is 23.6 Å². The van der Waals surface area contributed by atoms with Crippen LogP contribution < -0.4 is 5.32 Å². The highest BCUT2D eigenvalue weighted by atomic mass is 16.2. The number of piperidine rings is 1. The average molecular weight is 440 g/mol. The smallest absolute Gasteiger partial charge is 0.255 e. The maximum absolute atomic E-state index is 13.0. The first kappa shape index (κ1) is 19.4. The van der Waals surface area contributed by atoms with Crippen LogP contribution in [0.2, 0.25) is 0 Å². The number of aromatic nitrogens is 4. The molecular formula is C24H20N6O3. The first-order valence-electron chi connectivity index (χ1n) is 10.7. The predicted octanol–water partition coefficient (Wildman–Crippen LogP) is 2.39. The lowest BCUT2D eigenvalue weighted by Crippen LogP contribution is -2.52. The number of carbonyl (C=O) groups excluding carboxylic acids is 3. The van der Waals surface area contributed by atoms with Crippen molar-refractivity contribution in [3.63, 3.8) is 0 Å².